The van der Waals surface area contributed by atoms with Crippen LogP contribution in [0, 0.1) is 0 Å². The summed E-state index contributed by atoms with van der Waals surface area (Å²) in [6, 6.07) is 0. The van der Waals surface area contributed by atoms with E-state index in [2.05, 4.69) is 0 Å². The maximum absolute atomic E-state index is 10.3. The molecule has 0 saturated carbocycles. The third-order valence-corrected chi connectivity index (χ3v) is 5.01. The summed E-state index contributed by atoms with van der Waals surface area (Å²) in [5, 5.41) is 127. The SMILES string of the molecule is O=C(O)CC(O)(CC(=O)O)C(=O)O.O=C(O)CC(O)(CC(=O)O)C(=O)O.O=C(O)CC(O)(CC(=O)O)C(=O)O.OCCCCC(O)CO. The molecule has 0 rings (SSSR count). The van der Waals surface area contributed by atoms with Gasteiger partial charge in [-0.25, -0.2) is 14.4 Å². The summed E-state index contributed by atoms with van der Waals surface area (Å²) in [6.07, 6.45) is -5.40. The molecule has 24 nitrogen and oxygen atoms in total. The average molecular weight is 711 g/mol. The molecule has 1 unspecified atom stereocenters. The van der Waals surface area contributed by atoms with Gasteiger partial charge < -0.3 is 76.6 Å². The van der Waals surface area contributed by atoms with Crippen LogP contribution in [0.1, 0.15) is 57.8 Å². The number of aliphatic hydroxyl groups excluding tert-OH is 3. The van der Waals surface area contributed by atoms with Crippen molar-refractivity contribution in [2.24, 2.45) is 0 Å². The zero-order chi connectivity index (χ0) is 39.1. The largest absolute Gasteiger partial charge is 0.481 e. The predicted octanol–water partition coefficient (Wildman–Crippen LogP) is -4.24. The van der Waals surface area contributed by atoms with Crippen LogP contribution < -0.4 is 0 Å². The van der Waals surface area contributed by atoms with Crippen molar-refractivity contribution in [2.75, 3.05) is 13.2 Å². The minimum atomic E-state index is -2.74. The standard InChI is InChI=1S/3C6H8O7.C6H14O3/c3*7-3(8)1-6(13,5(11)12)2-4(9)10;7-4-2-1-3-6(9)5-8/h3*13H,1-2H2,(H,7,8)(H,9,10)(H,11,12);6-9H,1-5H2. The normalized spacial score (nSPS) is 11.4. The smallest absolute Gasteiger partial charge is 0.336 e. The molecule has 0 aliphatic heterocycles. The molecule has 0 aliphatic carbocycles. The highest BCUT2D eigenvalue weighted by Gasteiger charge is 2.42. The van der Waals surface area contributed by atoms with E-state index in [-0.39, 0.29) is 13.2 Å². The molecule has 0 heterocycles. The maximum atomic E-state index is 10.3. The van der Waals surface area contributed by atoms with Crippen molar-refractivity contribution in [2.45, 2.75) is 80.7 Å². The number of rotatable bonds is 20. The number of hydrogen-bond acceptors (Lipinski definition) is 15. The first-order valence-corrected chi connectivity index (χ1v) is 12.7. The summed E-state index contributed by atoms with van der Waals surface area (Å²) in [5.74, 6) is -15.1. The second-order valence-corrected chi connectivity index (χ2v) is 9.49. The zero-order valence-corrected chi connectivity index (χ0v) is 24.7. The Labute approximate surface area is 268 Å². The van der Waals surface area contributed by atoms with Crippen LogP contribution in [0.2, 0.25) is 0 Å². The summed E-state index contributed by atoms with van der Waals surface area (Å²) >= 11 is 0. The molecule has 1 atom stereocenters. The maximum Gasteiger partial charge on any atom is 0.336 e. The molecule has 0 bridgehead atoms. The number of carboxylic acids is 9. The quantitative estimate of drug-likeness (QED) is 0.0532. The Balaban J connectivity index is -0.000000271. The van der Waals surface area contributed by atoms with Crippen LogP contribution in [0.3, 0.4) is 0 Å². The molecule has 24 heteroatoms. The van der Waals surface area contributed by atoms with E-state index in [4.69, 9.17) is 76.6 Å². The van der Waals surface area contributed by atoms with E-state index >= 15 is 0 Å². The Kier molecular flexibility index (Phi) is 25.1. The first kappa shape index (κ1) is 49.9. The summed E-state index contributed by atoms with van der Waals surface area (Å²) in [7, 11) is 0. The van der Waals surface area contributed by atoms with E-state index in [0.29, 0.717) is 12.8 Å². The van der Waals surface area contributed by atoms with Crippen molar-refractivity contribution in [3.63, 3.8) is 0 Å². The summed E-state index contributed by atoms with van der Waals surface area (Å²) in [4.78, 5) is 91.5. The predicted molar refractivity (Wildman–Crippen MR) is 145 cm³/mol. The lowest BCUT2D eigenvalue weighted by atomic mass is 9.96. The van der Waals surface area contributed by atoms with Crippen LogP contribution >= 0.6 is 0 Å². The minimum Gasteiger partial charge on any atom is -0.481 e. The molecular formula is C24H38O24. The van der Waals surface area contributed by atoms with E-state index in [9.17, 15) is 43.2 Å². The van der Waals surface area contributed by atoms with Crippen molar-refractivity contribution in [1.82, 2.24) is 0 Å². The first-order valence-electron chi connectivity index (χ1n) is 12.7. The van der Waals surface area contributed by atoms with Crippen LogP contribution in [0.5, 0.6) is 0 Å². The van der Waals surface area contributed by atoms with Gasteiger partial charge in [0.25, 0.3) is 0 Å². The van der Waals surface area contributed by atoms with Gasteiger partial charge in [0.15, 0.2) is 16.8 Å². The fourth-order valence-electron chi connectivity index (χ4n) is 2.73. The van der Waals surface area contributed by atoms with E-state index in [1.54, 1.807) is 0 Å². The van der Waals surface area contributed by atoms with Crippen LogP contribution in [0.4, 0.5) is 0 Å². The lowest BCUT2D eigenvalue weighted by Gasteiger charge is -2.18. The van der Waals surface area contributed by atoms with Gasteiger partial charge in [-0.05, 0) is 19.3 Å². The highest BCUT2D eigenvalue weighted by Crippen LogP contribution is 2.17. The van der Waals surface area contributed by atoms with Gasteiger partial charge in [-0.15, -0.1) is 0 Å². The van der Waals surface area contributed by atoms with Crippen molar-refractivity contribution in [3.05, 3.63) is 0 Å². The summed E-state index contributed by atoms with van der Waals surface area (Å²) in [6.45, 7) is -0.0103. The first-order chi connectivity index (χ1) is 21.6. The Morgan fingerprint density at radius 2 is 0.625 bits per heavy atom. The van der Waals surface area contributed by atoms with Crippen molar-refractivity contribution < 1.29 is 120 Å². The lowest BCUT2D eigenvalue weighted by Crippen LogP contribution is -2.42. The van der Waals surface area contributed by atoms with Gasteiger partial charge in [-0.2, -0.15) is 0 Å². The second-order valence-electron chi connectivity index (χ2n) is 9.49. The van der Waals surface area contributed by atoms with Gasteiger partial charge in [-0.3, -0.25) is 28.8 Å². The highest BCUT2D eigenvalue weighted by molar-refractivity contribution is 5.89. The molecular weight excluding hydrogens is 672 g/mol. The number of hydrogen-bond donors (Lipinski definition) is 15. The summed E-state index contributed by atoms with van der Waals surface area (Å²) in [5.41, 5.74) is -8.22. The van der Waals surface area contributed by atoms with Gasteiger partial charge in [0.05, 0.1) is 51.2 Å². The number of aliphatic hydroxyl groups is 6. The van der Waals surface area contributed by atoms with Gasteiger partial charge in [-0.1, -0.05) is 0 Å². The number of carboxylic acid groups (broad SMARTS) is 9. The van der Waals surface area contributed by atoms with Crippen LogP contribution in [-0.2, 0) is 43.2 Å². The summed E-state index contributed by atoms with van der Waals surface area (Å²) < 4.78 is 0. The molecule has 278 valence electrons. The Morgan fingerprint density at radius 1 is 0.417 bits per heavy atom. The fourth-order valence-corrected chi connectivity index (χ4v) is 2.73. The Bertz CT molecular complexity index is 940. The molecule has 0 aromatic carbocycles. The number of carbonyl (C=O) groups is 9. The van der Waals surface area contributed by atoms with Crippen molar-refractivity contribution >= 4 is 53.7 Å². The third kappa shape index (κ3) is 26.2. The molecule has 0 radical (unpaired) electrons. The molecule has 0 fully saturated rings. The molecule has 0 spiro atoms. The molecule has 0 aromatic rings. The molecule has 0 saturated heterocycles. The topological polar surface area (TPSA) is 457 Å². The van der Waals surface area contributed by atoms with Crippen LogP contribution in [0.15, 0.2) is 0 Å². The van der Waals surface area contributed by atoms with Gasteiger partial charge >= 0.3 is 53.7 Å². The average Bonchev–Trinajstić information content (AvgIpc) is 2.86. The van der Waals surface area contributed by atoms with Crippen molar-refractivity contribution in [3.8, 4) is 0 Å². The van der Waals surface area contributed by atoms with Crippen LogP contribution in [-0.4, -0.2) is 166 Å². The molecule has 48 heavy (non-hydrogen) atoms. The third-order valence-electron chi connectivity index (χ3n) is 5.01. The van der Waals surface area contributed by atoms with Gasteiger partial charge in [0, 0.05) is 6.61 Å². The van der Waals surface area contributed by atoms with Crippen LogP contribution in [0.25, 0.3) is 0 Å². The van der Waals surface area contributed by atoms with Crippen molar-refractivity contribution in [1.29, 1.82) is 0 Å². The van der Waals surface area contributed by atoms with E-state index < -0.39 is 115 Å². The van der Waals surface area contributed by atoms with E-state index in [1.807, 2.05) is 0 Å². The van der Waals surface area contributed by atoms with E-state index in [1.165, 1.54) is 0 Å². The molecule has 15 N–H and O–H groups in total. The fraction of sp³-hybridized carbons (Fsp3) is 0.625. The highest BCUT2D eigenvalue weighted by atomic mass is 16.4. The van der Waals surface area contributed by atoms with E-state index in [0.717, 1.165) is 6.42 Å². The molecule has 0 aromatic heterocycles. The number of aliphatic carboxylic acids is 9. The van der Waals surface area contributed by atoms with Gasteiger partial charge in [0.1, 0.15) is 0 Å². The number of unbranched alkanes of at least 4 members (excludes halogenated alkanes) is 1. The monoisotopic (exact) mass is 710 g/mol. The Hall–Kier alpha value is -5.01. The van der Waals surface area contributed by atoms with Gasteiger partial charge in [0.2, 0.25) is 0 Å². The Morgan fingerprint density at radius 3 is 0.750 bits per heavy atom. The minimum absolute atomic E-state index is 0.165. The molecule has 0 amide bonds. The zero-order valence-electron chi connectivity index (χ0n) is 24.7. The lowest BCUT2D eigenvalue weighted by molar-refractivity contribution is -0.170. The second kappa shape index (κ2) is 24.2. The molecule has 0 aliphatic rings.